The predicted molar refractivity (Wildman–Crippen MR) is 73.4 cm³/mol. The van der Waals surface area contributed by atoms with Crippen LogP contribution in [0, 0.1) is 10.1 Å². The molecule has 1 aromatic carbocycles. The smallest absolute Gasteiger partial charge is 0.355 e. The maximum atomic E-state index is 11.4. The highest BCUT2D eigenvalue weighted by Crippen LogP contribution is 2.38. The first-order valence-electron chi connectivity index (χ1n) is 6.25. The Labute approximate surface area is 118 Å². The number of nitrogens with zero attached hydrogens (tertiary/aromatic N) is 3. The van der Waals surface area contributed by atoms with Crippen molar-refractivity contribution in [1.29, 1.82) is 0 Å². The van der Waals surface area contributed by atoms with Gasteiger partial charge in [-0.15, -0.1) is 0 Å². The van der Waals surface area contributed by atoms with Crippen LogP contribution in [0.2, 0.25) is 0 Å². The van der Waals surface area contributed by atoms with Gasteiger partial charge in [0, 0.05) is 11.6 Å². The lowest BCUT2D eigenvalue weighted by molar-refractivity contribution is -0.389. The summed E-state index contributed by atoms with van der Waals surface area (Å²) in [6.45, 7) is 0.159. The van der Waals surface area contributed by atoms with Crippen LogP contribution in [-0.4, -0.2) is 21.1 Å². The van der Waals surface area contributed by atoms with Crippen molar-refractivity contribution in [3.63, 3.8) is 0 Å². The second-order valence-electron chi connectivity index (χ2n) is 4.54. The minimum absolute atomic E-state index is 0.0653. The molecular weight excluding hydrogens is 274 g/mol. The molecule has 0 aliphatic carbocycles. The van der Waals surface area contributed by atoms with E-state index in [0.29, 0.717) is 28.4 Å². The molecule has 0 bridgehead atoms. The third kappa shape index (κ3) is 1.71. The van der Waals surface area contributed by atoms with E-state index in [0.717, 1.165) is 0 Å². The normalized spacial score (nSPS) is 12.8. The van der Waals surface area contributed by atoms with Crippen LogP contribution in [0.1, 0.15) is 0 Å². The van der Waals surface area contributed by atoms with Crippen molar-refractivity contribution < 1.29 is 14.4 Å². The SMILES string of the molecule is O=[N+]([O-])c1c(-c2ccc3c(c2)OCO3)nc2ccccn12. The lowest BCUT2D eigenvalue weighted by atomic mass is 10.1. The van der Waals surface area contributed by atoms with Gasteiger partial charge in [0.2, 0.25) is 12.4 Å². The number of aromatic nitrogens is 2. The highest BCUT2D eigenvalue weighted by atomic mass is 16.7. The maximum Gasteiger partial charge on any atom is 0.355 e. The highest BCUT2D eigenvalue weighted by Gasteiger charge is 2.25. The number of hydrogen-bond acceptors (Lipinski definition) is 5. The number of fused-ring (bicyclic) bond motifs is 2. The molecule has 1 aliphatic heterocycles. The van der Waals surface area contributed by atoms with E-state index >= 15 is 0 Å². The largest absolute Gasteiger partial charge is 0.454 e. The molecule has 0 unspecified atom stereocenters. The molecule has 0 amide bonds. The average Bonchev–Trinajstić information content (AvgIpc) is 3.10. The quantitative estimate of drug-likeness (QED) is 0.533. The first kappa shape index (κ1) is 11.7. The molecule has 7 heteroatoms. The van der Waals surface area contributed by atoms with E-state index in [1.54, 1.807) is 42.6 Å². The molecule has 0 saturated heterocycles. The summed E-state index contributed by atoms with van der Waals surface area (Å²) in [5.41, 5.74) is 1.45. The Bertz CT molecular complexity index is 872. The second-order valence-corrected chi connectivity index (χ2v) is 4.54. The van der Waals surface area contributed by atoms with Crippen LogP contribution in [0.25, 0.3) is 16.9 Å². The molecule has 0 fully saturated rings. The van der Waals surface area contributed by atoms with Crippen molar-refractivity contribution in [2.75, 3.05) is 6.79 Å². The van der Waals surface area contributed by atoms with E-state index in [1.807, 2.05) is 0 Å². The van der Waals surface area contributed by atoms with Crippen LogP contribution >= 0.6 is 0 Å². The fourth-order valence-electron chi connectivity index (χ4n) is 2.39. The molecule has 3 heterocycles. The van der Waals surface area contributed by atoms with E-state index in [9.17, 15) is 10.1 Å². The van der Waals surface area contributed by atoms with Crippen LogP contribution < -0.4 is 9.47 Å². The minimum atomic E-state index is -0.431. The fourth-order valence-corrected chi connectivity index (χ4v) is 2.39. The van der Waals surface area contributed by atoms with Gasteiger partial charge in [0.15, 0.2) is 17.2 Å². The molecular formula is C14H9N3O4. The van der Waals surface area contributed by atoms with Crippen LogP contribution in [0.3, 0.4) is 0 Å². The molecule has 4 rings (SSSR count). The number of benzene rings is 1. The number of ether oxygens (including phenoxy) is 2. The molecule has 21 heavy (non-hydrogen) atoms. The third-order valence-corrected chi connectivity index (χ3v) is 3.32. The summed E-state index contributed by atoms with van der Waals surface area (Å²) in [6, 6.07) is 10.4. The fraction of sp³-hybridized carbons (Fsp3) is 0.0714. The van der Waals surface area contributed by atoms with Gasteiger partial charge >= 0.3 is 5.82 Å². The molecule has 0 radical (unpaired) electrons. The van der Waals surface area contributed by atoms with Crippen molar-refractivity contribution in [3.05, 3.63) is 52.7 Å². The van der Waals surface area contributed by atoms with Crippen molar-refractivity contribution in [2.24, 2.45) is 0 Å². The molecule has 1 aliphatic rings. The summed E-state index contributed by atoms with van der Waals surface area (Å²) < 4.78 is 12.0. The van der Waals surface area contributed by atoms with Gasteiger partial charge in [0.1, 0.15) is 0 Å². The number of nitro groups is 1. The summed E-state index contributed by atoms with van der Waals surface area (Å²) in [5.74, 6) is 1.13. The Hall–Kier alpha value is -3.09. The van der Waals surface area contributed by atoms with Crippen LogP contribution in [0.15, 0.2) is 42.6 Å². The van der Waals surface area contributed by atoms with E-state index in [-0.39, 0.29) is 12.6 Å². The number of rotatable bonds is 2. The molecule has 7 nitrogen and oxygen atoms in total. The van der Waals surface area contributed by atoms with E-state index in [4.69, 9.17) is 9.47 Å². The minimum Gasteiger partial charge on any atom is -0.454 e. The van der Waals surface area contributed by atoms with Gasteiger partial charge in [0.25, 0.3) is 0 Å². The predicted octanol–water partition coefficient (Wildman–Crippen LogP) is 2.64. The first-order chi connectivity index (χ1) is 10.2. The highest BCUT2D eigenvalue weighted by molar-refractivity contribution is 5.74. The standard InChI is InChI=1S/C14H9N3O4/c18-17(19)14-13(15-12-3-1-2-6-16(12)14)9-4-5-10-11(7-9)21-8-20-10/h1-7H,8H2. The van der Waals surface area contributed by atoms with Crippen LogP contribution in [0.5, 0.6) is 11.5 Å². The van der Waals surface area contributed by atoms with Crippen molar-refractivity contribution in [2.45, 2.75) is 0 Å². The van der Waals surface area contributed by atoms with Crippen molar-refractivity contribution in [3.8, 4) is 22.8 Å². The van der Waals surface area contributed by atoms with Crippen molar-refractivity contribution in [1.82, 2.24) is 9.38 Å². The average molecular weight is 283 g/mol. The van der Waals surface area contributed by atoms with Gasteiger partial charge in [-0.2, -0.15) is 9.38 Å². The van der Waals surface area contributed by atoms with Crippen LogP contribution in [-0.2, 0) is 0 Å². The van der Waals surface area contributed by atoms with Gasteiger partial charge in [0.05, 0.1) is 6.20 Å². The topological polar surface area (TPSA) is 78.9 Å². The van der Waals surface area contributed by atoms with E-state index in [2.05, 4.69) is 4.98 Å². The Balaban J connectivity index is 1.97. The Kier molecular flexibility index (Phi) is 2.34. The molecule has 104 valence electrons. The third-order valence-electron chi connectivity index (χ3n) is 3.32. The summed E-state index contributed by atoms with van der Waals surface area (Å²) in [5, 5.41) is 11.4. The zero-order valence-electron chi connectivity index (χ0n) is 10.7. The van der Waals surface area contributed by atoms with Gasteiger partial charge in [-0.3, -0.25) is 0 Å². The summed E-state index contributed by atoms with van der Waals surface area (Å²) in [7, 11) is 0. The van der Waals surface area contributed by atoms with E-state index in [1.165, 1.54) is 4.40 Å². The summed E-state index contributed by atoms with van der Waals surface area (Å²) in [4.78, 5) is 15.3. The van der Waals surface area contributed by atoms with Gasteiger partial charge in [-0.05, 0) is 29.2 Å². The maximum absolute atomic E-state index is 11.4. The lowest BCUT2D eigenvalue weighted by Crippen LogP contribution is -1.95. The second kappa shape index (κ2) is 4.20. The molecule has 0 atom stereocenters. The lowest BCUT2D eigenvalue weighted by Gasteiger charge is -2.00. The van der Waals surface area contributed by atoms with Gasteiger partial charge in [-0.1, -0.05) is 6.07 Å². The molecule has 2 aromatic heterocycles. The Morgan fingerprint density at radius 1 is 1.19 bits per heavy atom. The monoisotopic (exact) mass is 283 g/mol. The summed E-state index contributed by atoms with van der Waals surface area (Å²) >= 11 is 0. The number of hydrogen-bond donors (Lipinski definition) is 0. The van der Waals surface area contributed by atoms with Crippen LogP contribution in [0.4, 0.5) is 5.82 Å². The number of pyridine rings is 1. The molecule has 0 N–H and O–H groups in total. The summed E-state index contributed by atoms with van der Waals surface area (Å²) in [6.07, 6.45) is 1.62. The Morgan fingerprint density at radius 2 is 2.05 bits per heavy atom. The van der Waals surface area contributed by atoms with Crippen molar-refractivity contribution >= 4 is 11.5 Å². The molecule has 3 aromatic rings. The molecule has 0 saturated carbocycles. The number of imidazole rings is 1. The van der Waals surface area contributed by atoms with Gasteiger partial charge < -0.3 is 19.6 Å². The Morgan fingerprint density at radius 3 is 2.90 bits per heavy atom. The zero-order chi connectivity index (χ0) is 14.4. The first-order valence-corrected chi connectivity index (χ1v) is 6.25. The zero-order valence-corrected chi connectivity index (χ0v) is 10.7. The van der Waals surface area contributed by atoms with Gasteiger partial charge in [-0.25, -0.2) is 0 Å². The van der Waals surface area contributed by atoms with E-state index < -0.39 is 4.92 Å². The molecule has 0 spiro atoms.